The van der Waals surface area contributed by atoms with Gasteiger partial charge in [0.15, 0.2) is 0 Å². The highest BCUT2D eigenvalue weighted by Gasteiger charge is 2.55. The molecule has 3 N–H and O–H groups in total. The first-order chi connectivity index (χ1) is 26.3. The number of ketones is 1. The van der Waals surface area contributed by atoms with Crippen molar-refractivity contribution < 1.29 is 29.6 Å². The number of ether oxygens (including phenoxy) is 2. The number of hydrogen-bond donors (Lipinski definition) is 3. The first-order valence-corrected chi connectivity index (χ1v) is 21.1. The lowest BCUT2D eigenvalue weighted by atomic mass is 9.76. The highest BCUT2D eigenvalue weighted by Crippen LogP contribution is 2.48. The van der Waals surface area contributed by atoms with Crippen LogP contribution in [0.5, 0.6) is 5.75 Å². The van der Waals surface area contributed by atoms with E-state index in [9.17, 15) is 20.1 Å². The summed E-state index contributed by atoms with van der Waals surface area (Å²) < 4.78 is 13.5. The average molecular weight is 756 g/mol. The van der Waals surface area contributed by atoms with Gasteiger partial charge in [-0.15, -0.1) is 0 Å². The highest BCUT2D eigenvalue weighted by atomic mass is 16.6. The molecule has 2 aliphatic rings. The molecule has 0 saturated carbocycles. The number of aromatic hydroxyl groups is 1. The largest absolute Gasteiger partial charge is 0.507 e. The molecule has 0 amide bonds. The standard InChI is InChI=1S/C48H69NO6/c1-9-40(46-34(6)28-48(11-3,55-46)42-26-27-47(53,10-2)36(8)54-42)45(52)35(7)43(50)32(4)22-24-39-25-23-33(5)44(51)41(39)31-49(29-37-18-14-12-15-19-37)30-38-20-16-13-17-21-38/h12-21,23,25,32,34-36,40,42-43,46,50-51,53H,9-11,22,24,26-31H2,1-8H3/t32-,34+,35+,36+,40+,42-,43+,46+,47-,48+/m1/s1. The number of aryl methyl sites for hydroxylation is 2. The Hall–Kier alpha value is -3.07. The predicted octanol–water partition coefficient (Wildman–Crippen LogP) is 9.35. The summed E-state index contributed by atoms with van der Waals surface area (Å²) in [5.74, 6) is -0.448. The topological polar surface area (TPSA) is 99.5 Å². The number of phenols is 1. The maximum absolute atomic E-state index is 14.3. The van der Waals surface area contributed by atoms with E-state index in [1.54, 1.807) is 0 Å². The van der Waals surface area contributed by atoms with Gasteiger partial charge in [0, 0.05) is 37.0 Å². The Morgan fingerprint density at radius 1 is 0.909 bits per heavy atom. The molecule has 0 bridgehead atoms. The molecule has 0 aliphatic carbocycles. The van der Waals surface area contributed by atoms with Crippen LogP contribution in [-0.2, 0) is 40.3 Å². The van der Waals surface area contributed by atoms with Crippen LogP contribution < -0.4 is 0 Å². The minimum Gasteiger partial charge on any atom is -0.507 e. The van der Waals surface area contributed by atoms with Crippen molar-refractivity contribution >= 4 is 5.78 Å². The summed E-state index contributed by atoms with van der Waals surface area (Å²) in [6.07, 6.45) is 4.20. The zero-order valence-corrected chi connectivity index (χ0v) is 34.8. The van der Waals surface area contributed by atoms with Crippen LogP contribution >= 0.6 is 0 Å². The van der Waals surface area contributed by atoms with Gasteiger partial charge in [-0.2, -0.15) is 0 Å². The first kappa shape index (κ1) is 43.1. The molecular weight excluding hydrogens is 687 g/mol. The van der Waals surface area contributed by atoms with E-state index in [1.165, 1.54) is 11.1 Å². The van der Waals surface area contributed by atoms with Crippen molar-refractivity contribution in [3.05, 3.63) is 101 Å². The molecule has 2 aliphatic heterocycles. The summed E-state index contributed by atoms with van der Waals surface area (Å²) in [7, 11) is 0. The molecule has 3 aromatic carbocycles. The van der Waals surface area contributed by atoms with Crippen LogP contribution in [0.2, 0.25) is 0 Å². The van der Waals surface area contributed by atoms with E-state index in [-0.39, 0.29) is 41.8 Å². The van der Waals surface area contributed by atoms with Crippen molar-refractivity contribution in [2.24, 2.45) is 23.7 Å². The fourth-order valence-corrected chi connectivity index (χ4v) is 9.54. The molecule has 0 spiro atoms. The van der Waals surface area contributed by atoms with Crippen molar-refractivity contribution in [2.75, 3.05) is 0 Å². The number of hydrogen-bond acceptors (Lipinski definition) is 7. The third-order valence-corrected chi connectivity index (χ3v) is 13.4. The van der Waals surface area contributed by atoms with Crippen LogP contribution in [0.25, 0.3) is 0 Å². The molecule has 3 aromatic rings. The third-order valence-electron chi connectivity index (χ3n) is 13.4. The van der Waals surface area contributed by atoms with Gasteiger partial charge in [0.05, 0.1) is 35.6 Å². The summed E-state index contributed by atoms with van der Waals surface area (Å²) in [6.45, 7) is 18.3. The molecule has 7 nitrogen and oxygen atoms in total. The lowest BCUT2D eigenvalue weighted by Gasteiger charge is -2.47. The second kappa shape index (κ2) is 18.9. The van der Waals surface area contributed by atoms with Crippen molar-refractivity contribution in [1.82, 2.24) is 4.90 Å². The number of carbonyl (C=O) groups excluding carboxylic acids is 1. The summed E-state index contributed by atoms with van der Waals surface area (Å²) >= 11 is 0. The second-order valence-electron chi connectivity index (χ2n) is 17.1. The number of aliphatic hydroxyl groups is 2. The number of benzene rings is 3. The maximum atomic E-state index is 14.3. The van der Waals surface area contributed by atoms with Crippen LogP contribution in [0.1, 0.15) is 121 Å². The fourth-order valence-electron chi connectivity index (χ4n) is 9.54. The number of aliphatic hydroxyl groups excluding tert-OH is 1. The highest BCUT2D eigenvalue weighted by molar-refractivity contribution is 5.84. The summed E-state index contributed by atoms with van der Waals surface area (Å²) in [6, 6.07) is 25.0. The fraction of sp³-hybridized carbons (Fsp3) is 0.604. The van der Waals surface area contributed by atoms with Gasteiger partial charge in [0.25, 0.3) is 0 Å². The molecule has 2 heterocycles. The molecule has 7 heteroatoms. The molecule has 0 aromatic heterocycles. The monoisotopic (exact) mass is 756 g/mol. The third kappa shape index (κ3) is 9.91. The van der Waals surface area contributed by atoms with Gasteiger partial charge in [-0.3, -0.25) is 9.69 Å². The Balaban J connectivity index is 1.26. The second-order valence-corrected chi connectivity index (χ2v) is 17.1. The molecule has 2 fully saturated rings. The van der Waals surface area contributed by atoms with Crippen LogP contribution in [0.3, 0.4) is 0 Å². The predicted molar refractivity (Wildman–Crippen MR) is 221 cm³/mol. The van der Waals surface area contributed by atoms with E-state index >= 15 is 0 Å². The Kier molecular flexibility index (Phi) is 14.8. The molecule has 302 valence electrons. The summed E-state index contributed by atoms with van der Waals surface area (Å²) in [5, 5.41) is 34.2. The molecule has 55 heavy (non-hydrogen) atoms. The van der Waals surface area contributed by atoms with Gasteiger partial charge in [-0.05, 0) is 99.3 Å². The first-order valence-electron chi connectivity index (χ1n) is 21.1. The quantitative estimate of drug-likeness (QED) is 0.119. The van der Waals surface area contributed by atoms with Crippen molar-refractivity contribution in [2.45, 2.75) is 162 Å². The molecule has 10 atom stereocenters. The lowest BCUT2D eigenvalue weighted by Crippen LogP contribution is -2.55. The number of nitrogens with zero attached hydrogens (tertiary/aromatic N) is 1. The van der Waals surface area contributed by atoms with E-state index in [0.29, 0.717) is 44.4 Å². The summed E-state index contributed by atoms with van der Waals surface area (Å²) in [4.78, 5) is 16.7. The van der Waals surface area contributed by atoms with E-state index in [1.807, 2.05) is 52.8 Å². The summed E-state index contributed by atoms with van der Waals surface area (Å²) in [5.41, 5.74) is 3.96. The van der Waals surface area contributed by atoms with Crippen LogP contribution in [0, 0.1) is 30.6 Å². The van der Waals surface area contributed by atoms with Gasteiger partial charge in [-0.25, -0.2) is 0 Å². The Labute approximate surface area is 331 Å². The van der Waals surface area contributed by atoms with E-state index in [2.05, 4.69) is 80.3 Å². The van der Waals surface area contributed by atoms with E-state index in [0.717, 1.165) is 49.0 Å². The number of phenolic OH excluding ortho intramolecular Hbond substituents is 1. The Morgan fingerprint density at radius 3 is 2.07 bits per heavy atom. The van der Waals surface area contributed by atoms with Crippen LogP contribution in [-0.4, -0.2) is 61.6 Å². The number of rotatable bonds is 18. The van der Waals surface area contributed by atoms with Gasteiger partial charge in [0.2, 0.25) is 0 Å². The van der Waals surface area contributed by atoms with Crippen molar-refractivity contribution in [3.8, 4) is 5.75 Å². The minimum atomic E-state index is -0.814. The Morgan fingerprint density at radius 2 is 1.53 bits per heavy atom. The van der Waals surface area contributed by atoms with Crippen LogP contribution in [0.15, 0.2) is 72.8 Å². The molecular formula is C48H69NO6. The van der Waals surface area contributed by atoms with Gasteiger partial charge >= 0.3 is 0 Å². The van der Waals surface area contributed by atoms with E-state index < -0.39 is 23.2 Å². The minimum absolute atomic E-state index is 0.0648. The average Bonchev–Trinajstić information content (AvgIpc) is 3.54. The van der Waals surface area contributed by atoms with Crippen molar-refractivity contribution in [3.63, 3.8) is 0 Å². The van der Waals surface area contributed by atoms with E-state index in [4.69, 9.17) is 9.47 Å². The zero-order valence-electron chi connectivity index (χ0n) is 34.8. The molecule has 0 unspecified atom stereocenters. The van der Waals surface area contributed by atoms with Crippen LogP contribution in [0.4, 0.5) is 0 Å². The normalized spacial score (nSPS) is 27.8. The van der Waals surface area contributed by atoms with Gasteiger partial charge in [0.1, 0.15) is 11.5 Å². The lowest BCUT2D eigenvalue weighted by molar-refractivity contribution is -0.229. The number of Topliss-reactive ketones (excluding diaryl/α,β-unsaturated/α-hetero) is 1. The smallest absolute Gasteiger partial charge is 0.143 e. The molecule has 0 radical (unpaired) electrons. The Bertz CT molecular complexity index is 1620. The SMILES string of the molecule is CC[C@@H](C(=O)[C@@H](C)[C@@H](O)[C@H](C)CCc1ccc(C)c(O)c1CN(Cc1ccccc1)Cc1ccccc1)[C@H]1O[C@](CC)([C@H]2CC[C@](O)(CC)[C@H](C)O2)C[C@@H]1C. The van der Waals surface area contributed by atoms with Gasteiger partial charge < -0.3 is 24.8 Å². The molecule has 2 saturated heterocycles. The molecule has 5 rings (SSSR count). The van der Waals surface area contributed by atoms with Gasteiger partial charge in [-0.1, -0.05) is 114 Å². The number of carbonyl (C=O) groups is 1. The van der Waals surface area contributed by atoms with Crippen molar-refractivity contribution in [1.29, 1.82) is 0 Å². The maximum Gasteiger partial charge on any atom is 0.143 e. The zero-order chi connectivity index (χ0) is 39.9.